The van der Waals surface area contributed by atoms with Crippen molar-refractivity contribution in [2.45, 2.75) is 32.7 Å². The van der Waals surface area contributed by atoms with Gasteiger partial charge < -0.3 is 20.0 Å². The average molecular weight is 357 g/mol. The number of amides is 2. The number of nitrogens with one attached hydrogen (secondary N) is 2. The van der Waals surface area contributed by atoms with E-state index in [0.29, 0.717) is 17.0 Å². The minimum absolute atomic E-state index is 0.0903. The molecule has 0 radical (unpaired) electrons. The second kappa shape index (κ2) is 7.55. The monoisotopic (exact) mass is 357 g/mol. The molecule has 3 heterocycles. The Morgan fingerprint density at radius 3 is 2.42 bits per heavy atom. The molecule has 0 atom stereocenters. The second-order valence-electron chi connectivity index (χ2n) is 6.42. The van der Waals surface area contributed by atoms with Gasteiger partial charge in [0.15, 0.2) is 11.5 Å². The third-order valence-corrected chi connectivity index (χ3v) is 4.55. The fraction of sp³-hybridized carbons (Fsp3) is 0.444. The van der Waals surface area contributed by atoms with Gasteiger partial charge in [-0.25, -0.2) is 0 Å². The van der Waals surface area contributed by atoms with Gasteiger partial charge in [0, 0.05) is 26.2 Å². The fourth-order valence-electron chi connectivity index (χ4n) is 3.12. The molecule has 1 fully saturated rings. The molecule has 2 amide bonds. The van der Waals surface area contributed by atoms with E-state index in [1.807, 2.05) is 6.92 Å². The maximum atomic E-state index is 12.4. The molecular formula is C18H23N5O3. The lowest BCUT2D eigenvalue weighted by atomic mass is 10.0. The molecule has 138 valence electrons. The number of piperidine rings is 1. The second-order valence-corrected chi connectivity index (χ2v) is 6.42. The first-order valence-electron chi connectivity index (χ1n) is 8.66. The van der Waals surface area contributed by atoms with Crippen molar-refractivity contribution >= 4 is 17.6 Å². The number of hydrogen-bond acceptors (Lipinski definition) is 6. The minimum atomic E-state index is -0.254. The van der Waals surface area contributed by atoms with E-state index in [4.69, 9.17) is 4.42 Å². The predicted octanol–water partition coefficient (Wildman–Crippen LogP) is 1.44. The van der Waals surface area contributed by atoms with Crippen molar-refractivity contribution in [1.29, 1.82) is 0 Å². The van der Waals surface area contributed by atoms with E-state index in [1.165, 1.54) is 0 Å². The summed E-state index contributed by atoms with van der Waals surface area (Å²) >= 11 is 0. The van der Waals surface area contributed by atoms with E-state index in [9.17, 15) is 9.59 Å². The highest BCUT2D eigenvalue weighted by molar-refractivity contribution is 5.95. The molecule has 2 aromatic heterocycles. The minimum Gasteiger partial charge on any atom is -0.466 e. The Balaban J connectivity index is 1.55. The van der Waals surface area contributed by atoms with Gasteiger partial charge in [-0.05, 0) is 44.9 Å². The normalized spacial score (nSPS) is 15.0. The maximum absolute atomic E-state index is 12.4. The Labute approximate surface area is 152 Å². The van der Waals surface area contributed by atoms with Crippen LogP contribution in [0.4, 0.5) is 5.82 Å². The lowest BCUT2D eigenvalue weighted by Gasteiger charge is -2.32. The Bertz CT molecular complexity index is 792. The van der Waals surface area contributed by atoms with E-state index >= 15 is 0 Å². The number of nitrogens with zero attached hydrogens (tertiary/aromatic N) is 3. The standard InChI is InChI=1S/C18H23N5O3/c1-11-10-14(12(2)26-11)17(24)20-13-6-8-23(9-7-13)16-5-4-15(21-22-16)18(25)19-3/h4-5,10,13H,6-9H2,1-3H3,(H,19,25)(H,20,24). The van der Waals surface area contributed by atoms with Gasteiger partial charge >= 0.3 is 0 Å². The summed E-state index contributed by atoms with van der Waals surface area (Å²) in [6.07, 6.45) is 1.64. The number of hydrogen-bond donors (Lipinski definition) is 2. The van der Waals surface area contributed by atoms with Crippen LogP contribution in [-0.2, 0) is 0 Å². The van der Waals surface area contributed by atoms with Gasteiger partial charge in [0.05, 0.1) is 5.56 Å². The topological polar surface area (TPSA) is 100 Å². The van der Waals surface area contributed by atoms with Crippen LogP contribution < -0.4 is 15.5 Å². The van der Waals surface area contributed by atoms with Crippen molar-refractivity contribution in [1.82, 2.24) is 20.8 Å². The van der Waals surface area contributed by atoms with Crippen molar-refractivity contribution in [2.75, 3.05) is 25.0 Å². The van der Waals surface area contributed by atoms with E-state index in [0.717, 1.165) is 37.5 Å². The van der Waals surface area contributed by atoms with Crippen molar-refractivity contribution in [3.8, 4) is 0 Å². The van der Waals surface area contributed by atoms with Crippen molar-refractivity contribution < 1.29 is 14.0 Å². The third-order valence-electron chi connectivity index (χ3n) is 4.55. The molecular weight excluding hydrogens is 334 g/mol. The van der Waals surface area contributed by atoms with E-state index in [-0.39, 0.29) is 17.9 Å². The molecule has 0 saturated carbocycles. The molecule has 2 aromatic rings. The van der Waals surface area contributed by atoms with E-state index < -0.39 is 0 Å². The first-order chi connectivity index (χ1) is 12.5. The van der Waals surface area contributed by atoms with Gasteiger partial charge in [0.2, 0.25) is 0 Å². The molecule has 1 aliphatic heterocycles. The van der Waals surface area contributed by atoms with Gasteiger partial charge in [-0.15, -0.1) is 10.2 Å². The number of rotatable bonds is 4. The Morgan fingerprint density at radius 1 is 1.15 bits per heavy atom. The zero-order valence-electron chi connectivity index (χ0n) is 15.2. The van der Waals surface area contributed by atoms with Crippen LogP contribution in [0.3, 0.4) is 0 Å². The van der Waals surface area contributed by atoms with Gasteiger partial charge in [-0.3, -0.25) is 9.59 Å². The SMILES string of the molecule is CNC(=O)c1ccc(N2CCC(NC(=O)c3cc(C)oc3C)CC2)nn1. The van der Waals surface area contributed by atoms with Crippen LogP contribution in [0.1, 0.15) is 45.2 Å². The summed E-state index contributed by atoms with van der Waals surface area (Å²) in [7, 11) is 1.56. The van der Waals surface area contributed by atoms with Gasteiger partial charge in [0.25, 0.3) is 11.8 Å². The van der Waals surface area contributed by atoms with Crippen LogP contribution in [0.25, 0.3) is 0 Å². The summed E-state index contributed by atoms with van der Waals surface area (Å²) in [5.41, 5.74) is 0.893. The van der Waals surface area contributed by atoms with Crippen molar-refractivity contribution in [2.24, 2.45) is 0 Å². The molecule has 3 rings (SSSR count). The Morgan fingerprint density at radius 2 is 1.88 bits per heavy atom. The van der Waals surface area contributed by atoms with E-state index in [1.54, 1.807) is 32.2 Å². The van der Waals surface area contributed by atoms with Gasteiger partial charge in [0.1, 0.15) is 11.5 Å². The summed E-state index contributed by atoms with van der Waals surface area (Å²) in [6, 6.07) is 5.35. The van der Waals surface area contributed by atoms with Crippen LogP contribution in [0, 0.1) is 13.8 Å². The summed E-state index contributed by atoms with van der Waals surface area (Å²) in [5.74, 6) is 1.77. The van der Waals surface area contributed by atoms with E-state index in [2.05, 4.69) is 25.7 Å². The molecule has 0 bridgehead atoms. The van der Waals surface area contributed by atoms with Crippen LogP contribution in [-0.4, -0.2) is 48.2 Å². The molecule has 8 nitrogen and oxygen atoms in total. The number of furan rings is 1. The van der Waals surface area contributed by atoms with Crippen molar-refractivity contribution in [3.05, 3.63) is 41.0 Å². The molecule has 0 unspecified atom stereocenters. The third kappa shape index (κ3) is 3.84. The predicted molar refractivity (Wildman–Crippen MR) is 96.3 cm³/mol. The van der Waals surface area contributed by atoms with Crippen LogP contribution in [0.2, 0.25) is 0 Å². The zero-order chi connectivity index (χ0) is 18.7. The number of aromatic nitrogens is 2. The lowest BCUT2D eigenvalue weighted by molar-refractivity contribution is 0.0927. The highest BCUT2D eigenvalue weighted by Gasteiger charge is 2.23. The molecule has 1 aliphatic rings. The highest BCUT2D eigenvalue weighted by atomic mass is 16.3. The highest BCUT2D eigenvalue weighted by Crippen LogP contribution is 2.19. The van der Waals surface area contributed by atoms with Gasteiger partial charge in [-0.2, -0.15) is 0 Å². The Hall–Kier alpha value is -2.90. The molecule has 0 aromatic carbocycles. The largest absolute Gasteiger partial charge is 0.466 e. The van der Waals surface area contributed by atoms with Crippen LogP contribution in [0.15, 0.2) is 22.6 Å². The summed E-state index contributed by atoms with van der Waals surface area (Å²) in [6.45, 7) is 5.16. The lowest BCUT2D eigenvalue weighted by Crippen LogP contribution is -2.45. The molecule has 0 spiro atoms. The fourth-order valence-corrected chi connectivity index (χ4v) is 3.12. The number of carbonyl (C=O) groups excluding carboxylic acids is 2. The van der Waals surface area contributed by atoms with Gasteiger partial charge in [-0.1, -0.05) is 0 Å². The first-order valence-corrected chi connectivity index (χ1v) is 8.66. The molecule has 1 saturated heterocycles. The van der Waals surface area contributed by atoms with Crippen molar-refractivity contribution in [3.63, 3.8) is 0 Å². The average Bonchev–Trinajstić information content (AvgIpc) is 3.00. The van der Waals surface area contributed by atoms with Crippen LogP contribution in [0.5, 0.6) is 0 Å². The number of carbonyl (C=O) groups is 2. The summed E-state index contributed by atoms with van der Waals surface area (Å²) < 4.78 is 5.42. The number of aryl methyl sites for hydroxylation is 2. The zero-order valence-corrected chi connectivity index (χ0v) is 15.2. The molecule has 0 aliphatic carbocycles. The molecule has 2 N–H and O–H groups in total. The Kier molecular flexibility index (Phi) is 5.20. The summed E-state index contributed by atoms with van der Waals surface area (Å²) in [5, 5.41) is 13.7. The summed E-state index contributed by atoms with van der Waals surface area (Å²) in [4.78, 5) is 26.0. The maximum Gasteiger partial charge on any atom is 0.271 e. The van der Waals surface area contributed by atoms with Crippen LogP contribution >= 0.6 is 0 Å². The molecule has 8 heteroatoms. The smallest absolute Gasteiger partial charge is 0.271 e. The first kappa shape index (κ1) is 17.9. The number of anilines is 1. The quantitative estimate of drug-likeness (QED) is 0.859. The molecule has 26 heavy (non-hydrogen) atoms.